The predicted molar refractivity (Wildman–Crippen MR) is 72.2 cm³/mol. The average molecular weight is 250 g/mol. The summed E-state index contributed by atoms with van der Waals surface area (Å²) in [6.07, 6.45) is 0. The number of likely N-dealkylation sites (N-methyl/N-ethyl adjacent to an activating group) is 1. The average Bonchev–Trinajstić information content (AvgIpc) is 2.36. The topological polar surface area (TPSA) is 41.6 Å². The van der Waals surface area contributed by atoms with E-state index in [-0.39, 0.29) is 11.9 Å². The Bertz CT molecular complexity index is 391. The molecular formula is C14H22N2O2. The van der Waals surface area contributed by atoms with Gasteiger partial charge in [-0.3, -0.25) is 4.79 Å². The minimum absolute atomic E-state index is 0.0862. The molecule has 1 amide bonds. The number of methoxy groups -OCH3 is 1. The molecule has 0 aromatic heterocycles. The number of ether oxygens (including phenoxy) is 1. The molecule has 0 aliphatic heterocycles. The van der Waals surface area contributed by atoms with E-state index < -0.39 is 0 Å². The smallest absolute Gasteiger partial charge is 0.238 e. The second-order valence-electron chi connectivity index (χ2n) is 4.59. The van der Waals surface area contributed by atoms with Crippen LogP contribution in [0, 0.1) is 0 Å². The molecule has 100 valence electrons. The summed E-state index contributed by atoms with van der Waals surface area (Å²) >= 11 is 0. The minimum Gasteiger partial charge on any atom is -0.380 e. The lowest BCUT2D eigenvalue weighted by Crippen LogP contribution is -2.41. The van der Waals surface area contributed by atoms with E-state index >= 15 is 0 Å². The van der Waals surface area contributed by atoms with Crippen LogP contribution in [0.15, 0.2) is 24.3 Å². The first-order chi connectivity index (χ1) is 8.54. The summed E-state index contributed by atoms with van der Waals surface area (Å²) < 4.78 is 5.10. The SMILES string of the molecule is COCc1cccc(CNC(C)C(=O)N(C)C)c1. The molecule has 0 saturated heterocycles. The van der Waals surface area contributed by atoms with E-state index in [1.165, 1.54) is 0 Å². The Morgan fingerprint density at radius 2 is 2.06 bits per heavy atom. The van der Waals surface area contributed by atoms with Crippen LogP contribution < -0.4 is 5.32 Å². The molecule has 0 aliphatic carbocycles. The van der Waals surface area contributed by atoms with E-state index in [4.69, 9.17) is 4.74 Å². The number of hydrogen-bond acceptors (Lipinski definition) is 3. The Labute approximate surface area is 109 Å². The fourth-order valence-electron chi connectivity index (χ4n) is 1.74. The number of carbonyl (C=O) groups excluding carboxylic acids is 1. The van der Waals surface area contributed by atoms with Crippen LogP contribution in [0.3, 0.4) is 0 Å². The Morgan fingerprint density at radius 1 is 1.39 bits per heavy atom. The Balaban J connectivity index is 2.52. The van der Waals surface area contributed by atoms with Gasteiger partial charge >= 0.3 is 0 Å². The molecule has 1 N–H and O–H groups in total. The molecule has 4 heteroatoms. The maximum absolute atomic E-state index is 11.7. The van der Waals surface area contributed by atoms with E-state index in [1.807, 2.05) is 25.1 Å². The first-order valence-electron chi connectivity index (χ1n) is 6.06. The van der Waals surface area contributed by atoms with Crippen LogP contribution in [0.2, 0.25) is 0 Å². The van der Waals surface area contributed by atoms with Crippen LogP contribution in [0.25, 0.3) is 0 Å². The van der Waals surface area contributed by atoms with Gasteiger partial charge in [-0.05, 0) is 18.1 Å². The lowest BCUT2D eigenvalue weighted by Gasteiger charge is -2.18. The Morgan fingerprint density at radius 3 is 2.67 bits per heavy atom. The van der Waals surface area contributed by atoms with E-state index in [9.17, 15) is 4.79 Å². The number of amides is 1. The summed E-state index contributed by atoms with van der Waals surface area (Å²) in [5, 5.41) is 3.22. The number of carbonyl (C=O) groups is 1. The normalized spacial score (nSPS) is 12.2. The van der Waals surface area contributed by atoms with Crippen molar-refractivity contribution in [3.8, 4) is 0 Å². The summed E-state index contributed by atoms with van der Waals surface area (Å²) in [6, 6.07) is 7.99. The molecule has 1 unspecified atom stereocenters. The van der Waals surface area contributed by atoms with Gasteiger partial charge in [0.1, 0.15) is 0 Å². The van der Waals surface area contributed by atoms with Crippen molar-refractivity contribution in [3.63, 3.8) is 0 Å². The quantitative estimate of drug-likeness (QED) is 0.830. The molecular weight excluding hydrogens is 228 g/mol. The predicted octanol–water partition coefficient (Wildman–Crippen LogP) is 1.40. The van der Waals surface area contributed by atoms with Gasteiger partial charge in [-0.1, -0.05) is 24.3 Å². The summed E-state index contributed by atoms with van der Waals surface area (Å²) in [5.74, 6) is 0.0862. The molecule has 1 rings (SSSR count). The molecule has 0 bridgehead atoms. The number of nitrogens with zero attached hydrogens (tertiary/aromatic N) is 1. The molecule has 0 aliphatic rings. The fourth-order valence-corrected chi connectivity index (χ4v) is 1.74. The minimum atomic E-state index is -0.175. The van der Waals surface area contributed by atoms with Gasteiger partial charge in [-0.15, -0.1) is 0 Å². The Kier molecular flexibility index (Phi) is 5.82. The molecule has 1 aromatic rings. The summed E-state index contributed by atoms with van der Waals surface area (Å²) in [4.78, 5) is 13.3. The molecule has 0 saturated carbocycles. The van der Waals surface area contributed by atoms with Gasteiger partial charge in [-0.2, -0.15) is 0 Å². The number of rotatable bonds is 6. The van der Waals surface area contributed by atoms with Gasteiger partial charge < -0.3 is 15.0 Å². The van der Waals surface area contributed by atoms with Gasteiger partial charge in [0.05, 0.1) is 12.6 Å². The highest BCUT2D eigenvalue weighted by Crippen LogP contribution is 2.06. The van der Waals surface area contributed by atoms with Gasteiger partial charge in [0.15, 0.2) is 0 Å². The van der Waals surface area contributed by atoms with Crippen molar-refractivity contribution in [2.75, 3.05) is 21.2 Å². The lowest BCUT2D eigenvalue weighted by molar-refractivity contribution is -0.130. The fraction of sp³-hybridized carbons (Fsp3) is 0.500. The van der Waals surface area contributed by atoms with Crippen LogP contribution in [-0.4, -0.2) is 38.1 Å². The van der Waals surface area contributed by atoms with Crippen LogP contribution >= 0.6 is 0 Å². The second kappa shape index (κ2) is 7.13. The monoisotopic (exact) mass is 250 g/mol. The van der Waals surface area contributed by atoms with Crippen molar-refractivity contribution in [3.05, 3.63) is 35.4 Å². The van der Waals surface area contributed by atoms with Crippen molar-refractivity contribution in [1.82, 2.24) is 10.2 Å². The van der Waals surface area contributed by atoms with Gasteiger partial charge in [0.2, 0.25) is 5.91 Å². The van der Waals surface area contributed by atoms with Crippen LogP contribution in [-0.2, 0) is 22.7 Å². The maximum Gasteiger partial charge on any atom is 0.238 e. The molecule has 0 fully saturated rings. The Hall–Kier alpha value is -1.39. The largest absolute Gasteiger partial charge is 0.380 e. The van der Waals surface area contributed by atoms with Crippen LogP contribution in [0.4, 0.5) is 0 Å². The van der Waals surface area contributed by atoms with Crippen molar-refractivity contribution >= 4 is 5.91 Å². The number of nitrogens with one attached hydrogen (secondary N) is 1. The molecule has 4 nitrogen and oxygen atoms in total. The third kappa shape index (κ3) is 4.47. The highest BCUT2D eigenvalue weighted by atomic mass is 16.5. The third-order valence-electron chi connectivity index (χ3n) is 2.73. The van der Waals surface area contributed by atoms with Crippen molar-refractivity contribution < 1.29 is 9.53 Å². The van der Waals surface area contributed by atoms with E-state index in [0.29, 0.717) is 13.2 Å². The second-order valence-corrected chi connectivity index (χ2v) is 4.59. The molecule has 1 aromatic carbocycles. The van der Waals surface area contributed by atoms with E-state index in [1.54, 1.807) is 26.1 Å². The third-order valence-corrected chi connectivity index (χ3v) is 2.73. The van der Waals surface area contributed by atoms with Gasteiger partial charge in [0.25, 0.3) is 0 Å². The lowest BCUT2D eigenvalue weighted by atomic mass is 10.1. The van der Waals surface area contributed by atoms with Crippen molar-refractivity contribution in [1.29, 1.82) is 0 Å². The van der Waals surface area contributed by atoms with Gasteiger partial charge in [-0.25, -0.2) is 0 Å². The van der Waals surface area contributed by atoms with Crippen molar-refractivity contribution in [2.45, 2.75) is 26.1 Å². The summed E-state index contributed by atoms with van der Waals surface area (Å²) in [6.45, 7) is 3.17. The molecule has 0 heterocycles. The highest BCUT2D eigenvalue weighted by molar-refractivity contribution is 5.80. The first kappa shape index (κ1) is 14.7. The maximum atomic E-state index is 11.7. The summed E-state index contributed by atoms with van der Waals surface area (Å²) in [5.41, 5.74) is 2.30. The van der Waals surface area contributed by atoms with E-state index in [2.05, 4.69) is 11.4 Å². The highest BCUT2D eigenvalue weighted by Gasteiger charge is 2.13. The van der Waals surface area contributed by atoms with E-state index in [0.717, 1.165) is 11.1 Å². The summed E-state index contributed by atoms with van der Waals surface area (Å²) in [7, 11) is 5.21. The molecule has 0 radical (unpaired) electrons. The van der Waals surface area contributed by atoms with Crippen molar-refractivity contribution in [2.24, 2.45) is 0 Å². The number of hydrogen-bond donors (Lipinski definition) is 1. The molecule has 1 atom stereocenters. The zero-order valence-corrected chi connectivity index (χ0v) is 11.6. The first-order valence-corrected chi connectivity index (χ1v) is 6.06. The standard InChI is InChI=1S/C14H22N2O2/c1-11(14(17)16(2)3)15-9-12-6-5-7-13(8-12)10-18-4/h5-8,11,15H,9-10H2,1-4H3. The molecule has 0 spiro atoms. The zero-order chi connectivity index (χ0) is 13.5. The zero-order valence-electron chi connectivity index (χ0n) is 11.6. The van der Waals surface area contributed by atoms with Crippen LogP contribution in [0.5, 0.6) is 0 Å². The van der Waals surface area contributed by atoms with Crippen LogP contribution in [0.1, 0.15) is 18.1 Å². The van der Waals surface area contributed by atoms with Gasteiger partial charge in [0, 0.05) is 27.7 Å². The molecule has 18 heavy (non-hydrogen) atoms. The number of benzene rings is 1.